The van der Waals surface area contributed by atoms with E-state index in [4.69, 9.17) is 23.2 Å². The summed E-state index contributed by atoms with van der Waals surface area (Å²) >= 11 is 11.1. The molecule has 0 bridgehead atoms. The molecule has 78 valence electrons. The van der Waals surface area contributed by atoms with Crippen molar-refractivity contribution < 1.29 is 4.92 Å². The monoisotopic (exact) mass is 244 g/mol. The van der Waals surface area contributed by atoms with E-state index in [1.54, 1.807) is 0 Å². The van der Waals surface area contributed by atoms with Crippen molar-refractivity contribution in [2.24, 2.45) is 0 Å². The second kappa shape index (κ2) is 4.96. The van der Waals surface area contributed by atoms with E-state index in [1.807, 2.05) is 0 Å². The van der Waals surface area contributed by atoms with E-state index in [0.29, 0.717) is 5.56 Å². The molecule has 1 aromatic rings. The lowest BCUT2D eigenvalue weighted by molar-refractivity contribution is -0.385. The van der Waals surface area contributed by atoms with Gasteiger partial charge in [0.05, 0.1) is 16.4 Å². The van der Waals surface area contributed by atoms with Crippen molar-refractivity contribution in [1.82, 2.24) is 4.98 Å². The lowest BCUT2D eigenvalue weighted by atomic mass is 10.2. The van der Waals surface area contributed by atoms with E-state index in [2.05, 4.69) is 16.8 Å². The number of alkyl halides is 1. The van der Waals surface area contributed by atoms with Crippen LogP contribution in [0, 0.1) is 28.9 Å². The summed E-state index contributed by atoms with van der Waals surface area (Å²) in [6, 6.07) is 1.30. The highest BCUT2D eigenvalue weighted by Gasteiger charge is 2.14. The summed E-state index contributed by atoms with van der Waals surface area (Å²) in [6.07, 6.45) is 0. The van der Waals surface area contributed by atoms with Gasteiger partial charge in [-0.15, -0.1) is 11.6 Å². The Morgan fingerprint density at radius 2 is 2.33 bits per heavy atom. The maximum Gasteiger partial charge on any atom is 0.291 e. The van der Waals surface area contributed by atoms with Crippen LogP contribution in [0.3, 0.4) is 0 Å². The van der Waals surface area contributed by atoms with Crippen molar-refractivity contribution in [3.05, 3.63) is 32.6 Å². The molecule has 0 aliphatic heterocycles. The second-order valence-electron chi connectivity index (χ2n) is 2.62. The first kappa shape index (κ1) is 11.8. The molecule has 4 nitrogen and oxygen atoms in total. The van der Waals surface area contributed by atoms with Gasteiger partial charge in [0.25, 0.3) is 5.69 Å². The summed E-state index contributed by atoms with van der Waals surface area (Å²) in [7, 11) is 0. The second-order valence-corrected chi connectivity index (χ2v) is 3.25. The molecule has 0 amide bonds. The smallest absolute Gasteiger partial charge is 0.258 e. The number of nitrogens with zero attached hydrogens (tertiary/aromatic N) is 2. The van der Waals surface area contributed by atoms with Crippen LogP contribution in [-0.2, 0) is 0 Å². The maximum absolute atomic E-state index is 10.6. The van der Waals surface area contributed by atoms with Crippen LogP contribution in [0.4, 0.5) is 5.69 Å². The standard InChI is InChI=1S/C9H6Cl2N2O2/c1-6-8(13(14)15)5-7(3-2-4-10)9(11)12-6/h5H,4H2,1H3. The summed E-state index contributed by atoms with van der Waals surface area (Å²) in [5.74, 6) is 5.30. The molecule has 0 unspecified atom stereocenters. The first-order valence-corrected chi connectivity index (χ1v) is 4.84. The Kier molecular flexibility index (Phi) is 3.89. The predicted octanol–water partition coefficient (Wildman–Crippen LogP) is 2.54. The summed E-state index contributed by atoms with van der Waals surface area (Å²) in [5.41, 5.74) is 0.481. The number of rotatable bonds is 1. The van der Waals surface area contributed by atoms with E-state index in [-0.39, 0.29) is 22.4 Å². The van der Waals surface area contributed by atoms with Gasteiger partial charge in [-0.05, 0) is 6.92 Å². The number of pyridine rings is 1. The number of aryl methyl sites for hydroxylation is 1. The molecule has 0 aromatic carbocycles. The normalized spacial score (nSPS) is 9.27. The number of hydrogen-bond acceptors (Lipinski definition) is 3. The van der Waals surface area contributed by atoms with E-state index in [1.165, 1.54) is 13.0 Å². The Hall–Kier alpha value is -1.31. The molecular weight excluding hydrogens is 239 g/mol. The van der Waals surface area contributed by atoms with Gasteiger partial charge in [-0.2, -0.15) is 0 Å². The maximum atomic E-state index is 10.6. The average molecular weight is 245 g/mol. The van der Waals surface area contributed by atoms with Crippen LogP contribution in [0.15, 0.2) is 6.07 Å². The third-order valence-electron chi connectivity index (χ3n) is 1.63. The fourth-order valence-electron chi connectivity index (χ4n) is 0.967. The third-order valence-corrected chi connectivity index (χ3v) is 2.05. The SMILES string of the molecule is Cc1nc(Cl)c(C#CCCl)cc1[N+](=O)[O-]. The molecular formula is C9H6Cl2N2O2. The van der Waals surface area contributed by atoms with Crippen LogP contribution < -0.4 is 0 Å². The van der Waals surface area contributed by atoms with Crippen molar-refractivity contribution in [3.63, 3.8) is 0 Å². The van der Waals surface area contributed by atoms with Gasteiger partial charge in [0.15, 0.2) is 0 Å². The van der Waals surface area contributed by atoms with Crippen molar-refractivity contribution >= 4 is 28.9 Å². The lowest BCUT2D eigenvalue weighted by Gasteiger charge is -1.99. The molecule has 1 heterocycles. The predicted molar refractivity (Wildman–Crippen MR) is 58.2 cm³/mol. The molecule has 0 fully saturated rings. The molecule has 0 radical (unpaired) electrons. The van der Waals surface area contributed by atoms with Crippen molar-refractivity contribution in [3.8, 4) is 11.8 Å². The number of aromatic nitrogens is 1. The Bertz CT molecular complexity index is 463. The highest BCUT2D eigenvalue weighted by atomic mass is 35.5. The summed E-state index contributed by atoms with van der Waals surface area (Å²) < 4.78 is 0. The first-order chi connectivity index (χ1) is 7.06. The van der Waals surface area contributed by atoms with Crippen molar-refractivity contribution in [2.45, 2.75) is 6.92 Å². The van der Waals surface area contributed by atoms with Crippen LogP contribution in [0.2, 0.25) is 5.15 Å². The molecule has 6 heteroatoms. The number of hydrogen-bond donors (Lipinski definition) is 0. The quantitative estimate of drug-likeness (QED) is 0.251. The van der Waals surface area contributed by atoms with Crippen LogP contribution in [-0.4, -0.2) is 15.8 Å². The fraction of sp³-hybridized carbons (Fsp3) is 0.222. The fourth-order valence-corrected chi connectivity index (χ4v) is 1.26. The largest absolute Gasteiger partial charge is 0.291 e. The van der Waals surface area contributed by atoms with Crippen LogP contribution in [0.25, 0.3) is 0 Å². The Labute approximate surface area is 96.4 Å². The molecule has 0 spiro atoms. The topological polar surface area (TPSA) is 56.0 Å². The molecule has 0 N–H and O–H groups in total. The van der Waals surface area contributed by atoms with E-state index in [0.717, 1.165) is 0 Å². The first-order valence-electron chi connectivity index (χ1n) is 3.92. The molecule has 1 rings (SSSR count). The van der Waals surface area contributed by atoms with Crippen molar-refractivity contribution in [1.29, 1.82) is 0 Å². The minimum absolute atomic E-state index is 0.0988. The van der Waals surface area contributed by atoms with Gasteiger partial charge in [0.2, 0.25) is 0 Å². The zero-order chi connectivity index (χ0) is 11.4. The van der Waals surface area contributed by atoms with Crippen LogP contribution in [0.5, 0.6) is 0 Å². The van der Waals surface area contributed by atoms with Gasteiger partial charge in [-0.1, -0.05) is 23.4 Å². The van der Waals surface area contributed by atoms with Gasteiger partial charge < -0.3 is 0 Å². The van der Waals surface area contributed by atoms with E-state index < -0.39 is 4.92 Å². The molecule has 1 aromatic heterocycles. The van der Waals surface area contributed by atoms with Gasteiger partial charge in [-0.3, -0.25) is 10.1 Å². The minimum atomic E-state index is -0.523. The average Bonchev–Trinajstić information content (AvgIpc) is 2.16. The number of nitro groups is 1. The third kappa shape index (κ3) is 2.82. The van der Waals surface area contributed by atoms with Crippen LogP contribution >= 0.6 is 23.2 Å². The number of halogens is 2. The van der Waals surface area contributed by atoms with E-state index in [9.17, 15) is 10.1 Å². The van der Waals surface area contributed by atoms with Crippen molar-refractivity contribution in [2.75, 3.05) is 5.88 Å². The summed E-state index contributed by atoms with van der Waals surface area (Å²) in [6.45, 7) is 1.52. The van der Waals surface area contributed by atoms with Gasteiger partial charge in [-0.25, -0.2) is 4.98 Å². The Balaban J connectivity index is 3.29. The zero-order valence-corrected chi connectivity index (χ0v) is 9.26. The molecule has 0 saturated carbocycles. The lowest BCUT2D eigenvalue weighted by Crippen LogP contribution is -1.96. The van der Waals surface area contributed by atoms with E-state index >= 15 is 0 Å². The molecule has 0 saturated heterocycles. The molecule has 0 atom stereocenters. The highest BCUT2D eigenvalue weighted by molar-refractivity contribution is 6.30. The Morgan fingerprint density at radius 1 is 1.67 bits per heavy atom. The minimum Gasteiger partial charge on any atom is -0.258 e. The summed E-state index contributed by atoms with van der Waals surface area (Å²) in [5, 5.41) is 10.8. The zero-order valence-electron chi connectivity index (χ0n) is 7.75. The highest BCUT2D eigenvalue weighted by Crippen LogP contribution is 2.22. The Morgan fingerprint density at radius 3 is 2.87 bits per heavy atom. The van der Waals surface area contributed by atoms with Gasteiger partial charge in [0.1, 0.15) is 10.8 Å². The molecule has 0 aliphatic rings. The molecule has 15 heavy (non-hydrogen) atoms. The van der Waals surface area contributed by atoms with Crippen LogP contribution in [0.1, 0.15) is 11.3 Å². The molecule has 0 aliphatic carbocycles. The van der Waals surface area contributed by atoms with Gasteiger partial charge >= 0.3 is 0 Å². The van der Waals surface area contributed by atoms with Gasteiger partial charge in [0, 0.05) is 6.07 Å². The summed E-state index contributed by atoms with van der Waals surface area (Å²) in [4.78, 5) is 13.9.